The number of pyridine rings is 1. The number of halogens is 1. The molecule has 96 valence electrons. The number of benzene rings is 1. The summed E-state index contributed by atoms with van der Waals surface area (Å²) in [5, 5.41) is 2.35. The third-order valence-electron chi connectivity index (χ3n) is 3.08. The zero-order chi connectivity index (χ0) is 13.1. The summed E-state index contributed by atoms with van der Waals surface area (Å²) in [4.78, 5) is 6.67. The molecule has 0 aliphatic rings. The smallest absolute Gasteiger partial charge is 0.136 e. The molecule has 2 N–H and O–H groups in total. The summed E-state index contributed by atoms with van der Waals surface area (Å²) in [5.74, 6) is 1.47. The number of anilines is 1. The van der Waals surface area contributed by atoms with Crippen LogP contribution in [0.2, 0.25) is 0 Å². The van der Waals surface area contributed by atoms with E-state index >= 15 is 0 Å². The van der Waals surface area contributed by atoms with Gasteiger partial charge in [-0.15, -0.1) is 0 Å². The summed E-state index contributed by atoms with van der Waals surface area (Å²) < 4.78 is 1.10. The molecule has 0 saturated carbocycles. The van der Waals surface area contributed by atoms with E-state index in [9.17, 15) is 0 Å². The Labute approximate surface area is 116 Å². The summed E-state index contributed by atoms with van der Waals surface area (Å²) in [6.45, 7) is 3.76. The summed E-state index contributed by atoms with van der Waals surface area (Å²) in [7, 11) is 2.06. The van der Waals surface area contributed by atoms with Crippen LogP contribution < -0.4 is 10.6 Å². The average molecular weight is 308 g/mol. The monoisotopic (exact) mass is 307 g/mol. The summed E-state index contributed by atoms with van der Waals surface area (Å²) in [5.41, 5.74) is 5.68. The van der Waals surface area contributed by atoms with E-state index in [0.29, 0.717) is 12.5 Å². The predicted molar refractivity (Wildman–Crippen MR) is 80.9 cm³/mol. The highest BCUT2D eigenvalue weighted by Crippen LogP contribution is 2.29. The Hall–Kier alpha value is -1.13. The van der Waals surface area contributed by atoms with Crippen molar-refractivity contribution in [2.24, 2.45) is 11.7 Å². The molecule has 0 bridgehead atoms. The number of aromatic nitrogens is 1. The molecule has 2 aromatic rings. The number of hydrogen-bond donors (Lipinski definition) is 1. The maximum Gasteiger partial charge on any atom is 0.136 e. The second-order valence-electron chi connectivity index (χ2n) is 4.69. The van der Waals surface area contributed by atoms with E-state index in [2.05, 4.69) is 51.9 Å². The van der Waals surface area contributed by atoms with Gasteiger partial charge in [0.05, 0.1) is 0 Å². The lowest BCUT2D eigenvalue weighted by Gasteiger charge is -2.23. The summed E-state index contributed by atoms with van der Waals surface area (Å²) >= 11 is 3.58. The molecule has 0 fully saturated rings. The van der Waals surface area contributed by atoms with E-state index < -0.39 is 0 Å². The van der Waals surface area contributed by atoms with Crippen molar-refractivity contribution in [3.63, 3.8) is 0 Å². The van der Waals surface area contributed by atoms with Gasteiger partial charge in [-0.25, -0.2) is 4.98 Å². The Morgan fingerprint density at radius 2 is 2.11 bits per heavy atom. The third-order valence-corrected chi connectivity index (χ3v) is 3.77. The minimum absolute atomic E-state index is 0.458. The number of fused-ring (bicyclic) bond motifs is 1. The molecule has 0 radical (unpaired) electrons. The van der Waals surface area contributed by atoms with Crippen LogP contribution in [-0.4, -0.2) is 25.1 Å². The van der Waals surface area contributed by atoms with Crippen molar-refractivity contribution in [3.05, 3.63) is 34.9 Å². The van der Waals surface area contributed by atoms with Gasteiger partial charge in [-0.2, -0.15) is 0 Å². The summed E-state index contributed by atoms with van der Waals surface area (Å²) in [6.07, 6.45) is 1.85. The Morgan fingerprint density at radius 1 is 1.33 bits per heavy atom. The van der Waals surface area contributed by atoms with Crippen LogP contribution in [0.1, 0.15) is 6.92 Å². The average Bonchev–Trinajstić information content (AvgIpc) is 2.38. The number of nitrogens with two attached hydrogens (primary N) is 1. The van der Waals surface area contributed by atoms with Crippen LogP contribution in [0.25, 0.3) is 10.8 Å². The lowest BCUT2D eigenvalue weighted by atomic mass is 10.1. The van der Waals surface area contributed by atoms with Gasteiger partial charge in [0, 0.05) is 35.0 Å². The van der Waals surface area contributed by atoms with Crippen molar-refractivity contribution >= 4 is 32.5 Å². The minimum Gasteiger partial charge on any atom is -0.359 e. The topological polar surface area (TPSA) is 42.1 Å². The maximum absolute atomic E-state index is 5.68. The second-order valence-corrected chi connectivity index (χ2v) is 5.55. The van der Waals surface area contributed by atoms with Crippen LogP contribution in [0, 0.1) is 5.92 Å². The first-order valence-corrected chi connectivity index (χ1v) is 6.87. The fourth-order valence-corrected chi connectivity index (χ4v) is 2.58. The fourth-order valence-electron chi connectivity index (χ4n) is 2.09. The highest BCUT2D eigenvalue weighted by molar-refractivity contribution is 9.10. The Bertz CT molecular complexity index is 542. The summed E-state index contributed by atoms with van der Waals surface area (Å²) in [6, 6.07) is 8.22. The Kier molecular flexibility index (Phi) is 4.19. The molecule has 0 aliphatic carbocycles. The lowest BCUT2D eigenvalue weighted by molar-refractivity contribution is 0.588. The van der Waals surface area contributed by atoms with Gasteiger partial charge in [0.2, 0.25) is 0 Å². The fraction of sp³-hybridized carbons (Fsp3) is 0.357. The minimum atomic E-state index is 0.458. The molecule has 1 unspecified atom stereocenters. The van der Waals surface area contributed by atoms with Gasteiger partial charge in [-0.05, 0) is 24.6 Å². The molecule has 0 saturated heterocycles. The molecule has 2 rings (SSSR count). The standard InChI is InChI=1S/C14H18BrN3/c1-10(8-16)9-18(2)14-12-4-3-5-13(15)11(12)6-7-17-14/h3-7,10H,8-9,16H2,1-2H3. The molecule has 0 aliphatic heterocycles. The second kappa shape index (κ2) is 5.67. The highest BCUT2D eigenvalue weighted by Gasteiger charge is 2.11. The number of rotatable bonds is 4. The van der Waals surface area contributed by atoms with E-state index in [4.69, 9.17) is 5.73 Å². The first kappa shape index (κ1) is 13.3. The van der Waals surface area contributed by atoms with Crippen molar-refractivity contribution in [1.82, 2.24) is 4.98 Å². The molecule has 1 heterocycles. The first-order chi connectivity index (χ1) is 8.63. The first-order valence-electron chi connectivity index (χ1n) is 6.08. The quantitative estimate of drug-likeness (QED) is 0.944. The van der Waals surface area contributed by atoms with Crippen molar-refractivity contribution in [2.45, 2.75) is 6.92 Å². The number of hydrogen-bond acceptors (Lipinski definition) is 3. The Balaban J connectivity index is 2.42. The van der Waals surface area contributed by atoms with Gasteiger partial charge >= 0.3 is 0 Å². The van der Waals surface area contributed by atoms with Crippen LogP contribution in [0.4, 0.5) is 5.82 Å². The molecular weight excluding hydrogens is 290 g/mol. The van der Waals surface area contributed by atoms with Crippen LogP contribution in [0.15, 0.2) is 34.9 Å². The van der Waals surface area contributed by atoms with Crippen LogP contribution in [-0.2, 0) is 0 Å². The van der Waals surface area contributed by atoms with Gasteiger partial charge in [0.25, 0.3) is 0 Å². The zero-order valence-electron chi connectivity index (χ0n) is 10.7. The molecule has 3 nitrogen and oxygen atoms in total. The molecule has 1 atom stereocenters. The van der Waals surface area contributed by atoms with Crippen LogP contribution in [0.3, 0.4) is 0 Å². The highest BCUT2D eigenvalue weighted by atomic mass is 79.9. The largest absolute Gasteiger partial charge is 0.359 e. The van der Waals surface area contributed by atoms with E-state index in [1.807, 2.05) is 18.3 Å². The van der Waals surface area contributed by atoms with Crippen molar-refractivity contribution in [2.75, 3.05) is 25.0 Å². The third kappa shape index (κ3) is 2.65. The van der Waals surface area contributed by atoms with Crippen molar-refractivity contribution in [1.29, 1.82) is 0 Å². The van der Waals surface area contributed by atoms with Gasteiger partial charge in [0.1, 0.15) is 5.82 Å². The van der Waals surface area contributed by atoms with E-state index in [1.165, 1.54) is 10.8 Å². The van der Waals surface area contributed by atoms with E-state index in [1.54, 1.807) is 0 Å². The Morgan fingerprint density at radius 3 is 2.83 bits per heavy atom. The maximum atomic E-state index is 5.68. The van der Waals surface area contributed by atoms with Crippen molar-refractivity contribution in [3.8, 4) is 0 Å². The van der Waals surface area contributed by atoms with Crippen molar-refractivity contribution < 1.29 is 0 Å². The molecule has 0 amide bonds. The van der Waals surface area contributed by atoms with Crippen LogP contribution in [0.5, 0.6) is 0 Å². The lowest BCUT2D eigenvalue weighted by Crippen LogP contribution is -2.28. The van der Waals surface area contributed by atoms with Crippen LogP contribution >= 0.6 is 15.9 Å². The van der Waals surface area contributed by atoms with E-state index in [0.717, 1.165) is 16.8 Å². The SMILES string of the molecule is CC(CN)CN(C)c1nccc2c(Br)cccc12. The molecule has 1 aromatic carbocycles. The molecular formula is C14H18BrN3. The zero-order valence-corrected chi connectivity index (χ0v) is 12.3. The van der Waals surface area contributed by atoms with Gasteiger partial charge in [-0.3, -0.25) is 0 Å². The van der Waals surface area contributed by atoms with Gasteiger partial charge < -0.3 is 10.6 Å². The normalized spacial score (nSPS) is 12.7. The number of nitrogens with zero attached hydrogens (tertiary/aromatic N) is 2. The van der Waals surface area contributed by atoms with Gasteiger partial charge in [0.15, 0.2) is 0 Å². The van der Waals surface area contributed by atoms with E-state index in [-0.39, 0.29) is 0 Å². The van der Waals surface area contributed by atoms with Gasteiger partial charge in [-0.1, -0.05) is 35.0 Å². The molecule has 4 heteroatoms. The predicted octanol–water partition coefficient (Wildman–Crippen LogP) is 3.03. The molecule has 1 aromatic heterocycles. The molecule has 0 spiro atoms. The molecule has 18 heavy (non-hydrogen) atoms.